The zero-order valence-electron chi connectivity index (χ0n) is 13.5. The van der Waals surface area contributed by atoms with Crippen molar-refractivity contribution in [1.29, 1.82) is 0 Å². The molecule has 2 saturated heterocycles. The molecule has 2 fully saturated rings. The van der Waals surface area contributed by atoms with E-state index in [-0.39, 0.29) is 12.0 Å². The molecule has 2 aliphatic rings. The van der Waals surface area contributed by atoms with Crippen LogP contribution in [0.2, 0.25) is 0 Å². The summed E-state index contributed by atoms with van der Waals surface area (Å²) in [6, 6.07) is 10.5. The number of carbonyl (C=O) groups is 1. The van der Waals surface area contributed by atoms with Gasteiger partial charge in [-0.15, -0.1) is 11.3 Å². The number of amides is 1. The number of hydrogen-bond donors (Lipinski definition) is 1. The van der Waals surface area contributed by atoms with Crippen molar-refractivity contribution in [2.24, 2.45) is 0 Å². The lowest BCUT2D eigenvalue weighted by molar-refractivity contribution is -0.0462. The Bertz CT molecular complexity index is 703. The lowest BCUT2D eigenvalue weighted by Gasteiger charge is -2.35. The maximum Gasteiger partial charge on any atom is 0.270 e. The fourth-order valence-electron chi connectivity index (χ4n) is 3.40. The van der Waals surface area contributed by atoms with Gasteiger partial charge in [-0.2, -0.15) is 0 Å². The summed E-state index contributed by atoms with van der Waals surface area (Å²) in [5.41, 5.74) is 1.52. The average molecular weight is 343 g/mol. The number of nitrogens with zero attached hydrogens (tertiary/aromatic N) is 2. The van der Waals surface area contributed by atoms with Crippen molar-refractivity contribution < 1.29 is 9.53 Å². The Morgan fingerprint density at radius 2 is 2.25 bits per heavy atom. The molecule has 5 nitrogen and oxygen atoms in total. The van der Waals surface area contributed by atoms with Crippen LogP contribution in [0.3, 0.4) is 0 Å². The number of carbonyl (C=O) groups excluding carboxylic acids is 1. The molecule has 126 valence electrons. The first-order valence-electron chi connectivity index (χ1n) is 8.44. The van der Waals surface area contributed by atoms with Crippen LogP contribution >= 0.6 is 11.3 Å². The number of aromatic nitrogens is 1. The molecule has 0 saturated carbocycles. The Kier molecular flexibility index (Phi) is 4.60. The van der Waals surface area contributed by atoms with Crippen LogP contribution in [-0.4, -0.2) is 54.2 Å². The number of fused-ring (bicyclic) bond motifs is 1. The van der Waals surface area contributed by atoms with Crippen LogP contribution in [0, 0.1) is 0 Å². The molecule has 0 unspecified atom stereocenters. The van der Waals surface area contributed by atoms with E-state index in [2.05, 4.69) is 15.2 Å². The second-order valence-electron chi connectivity index (χ2n) is 6.36. The van der Waals surface area contributed by atoms with Crippen molar-refractivity contribution in [3.8, 4) is 10.6 Å². The quantitative estimate of drug-likeness (QED) is 0.926. The minimum atomic E-state index is -0.124. The second-order valence-corrected chi connectivity index (χ2v) is 7.22. The summed E-state index contributed by atoms with van der Waals surface area (Å²) in [5, 5.41) is 5.65. The topological polar surface area (TPSA) is 54.5 Å². The smallest absolute Gasteiger partial charge is 0.270 e. The fraction of sp³-hybridized carbons (Fsp3) is 0.444. The van der Waals surface area contributed by atoms with E-state index in [1.165, 1.54) is 24.2 Å². The highest BCUT2D eigenvalue weighted by atomic mass is 32.1. The number of rotatable bonds is 4. The highest BCUT2D eigenvalue weighted by Gasteiger charge is 2.32. The summed E-state index contributed by atoms with van der Waals surface area (Å²) >= 11 is 1.49. The van der Waals surface area contributed by atoms with E-state index in [4.69, 9.17) is 4.74 Å². The molecule has 4 rings (SSSR count). The minimum Gasteiger partial charge on any atom is -0.373 e. The average Bonchev–Trinajstić information content (AvgIpc) is 3.29. The lowest BCUT2D eigenvalue weighted by atomic mass is 10.2. The first-order chi connectivity index (χ1) is 11.8. The molecule has 1 aromatic carbocycles. The molecule has 0 spiro atoms. The van der Waals surface area contributed by atoms with E-state index in [1.807, 2.05) is 35.7 Å². The van der Waals surface area contributed by atoms with Crippen molar-refractivity contribution >= 4 is 17.2 Å². The molecule has 1 amide bonds. The Labute approximate surface area is 145 Å². The maximum atomic E-state index is 12.3. The summed E-state index contributed by atoms with van der Waals surface area (Å²) in [4.78, 5) is 19.3. The molecule has 2 aliphatic heterocycles. The zero-order chi connectivity index (χ0) is 16.4. The van der Waals surface area contributed by atoms with Crippen LogP contribution in [-0.2, 0) is 4.74 Å². The fourth-order valence-corrected chi connectivity index (χ4v) is 4.20. The number of hydrogen-bond acceptors (Lipinski definition) is 5. The SMILES string of the molecule is O=C(NC[C@@H]1CN2CCC[C@@H]2CO1)c1csc(-c2ccccc2)n1. The van der Waals surface area contributed by atoms with Crippen LogP contribution in [0.4, 0.5) is 0 Å². The molecule has 1 aromatic heterocycles. The van der Waals surface area contributed by atoms with Crippen LogP contribution in [0.25, 0.3) is 10.6 Å². The van der Waals surface area contributed by atoms with Gasteiger partial charge in [0.25, 0.3) is 5.91 Å². The second kappa shape index (κ2) is 7.01. The monoisotopic (exact) mass is 343 g/mol. The third kappa shape index (κ3) is 3.36. The molecular weight excluding hydrogens is 322 g/mol. The molecule has 0 radical (unpaired) electrons. The van der Waals surface area contributed by atoms with Crippen molar-refractivity contribution in [2.75, 3.05) is 26.2 Å². The van der Waals surface area contributed by atoms with E-state index >= 15 is 0 Å². The number of thiazole rings is 1. The Balaban J connectivity index is 1.33. The molecule has 24 heavy (non-hydrogen) atoms. The summed E-state index contributed by atoms with van der Waals surface area (Å²) in [6.07, 6.45) is 2.57. The molecule has 1 N–H and O–H groups in total. The number of benzene rings is 1. The van der Waals surface area contributed by atoms with Gasteiger partial charge >= 0.3 is 0 Å². The van der Waals surface area contributed by atoms with Gasteiger partial charge in [0.1, 0.15) is 10.7 Å². The van der Waals surface area contributed by atoms with E-state index < -0.39 is 0 Å². The number of ether oxygens (including phenoxy) is 1. The third-order valence-corrected chi connectivity index (χ3v) is 5.60. The summed E-state index contributed by atoms with van der Waals surface area (Å²) in [7, 11) is 0. The highest BCUT2D eigenvalue weighted by molar-refractivity contribution is 7.13. The van der Waals surface area contributed by atoms with E-state index in [9.17, 15) is 4.79 Å². The van der Waals surface area contributed by atoms with E-state index in [1.54, 1.807) is 0 Å². The Morgan fingerprint density at radius 1 is 1.38 bits per heavy atom. The van der Waals surface area contributed by atoms with Gasteiger partial charge in [0.05, 0.1) is 12.7 Å². The molecular formula is C18H21N3O2S. The van der Waals surface area contributed by atoms with E-state index in [0.29, 0.717) is 18.3 Å². The van der Waals surface area contributed by atoms with Crippen molar-refractivity contribution in [2.45, 2.75) is 25.0 Å². The predicted octanol–water partition coefficient (Wildman–Crippen LogP) is 2.40. The molecule has 6 heteroatoms. The van der Waals surface area contributed by atoms with Gasteiger partial charge < -0.3 is 10.1 Å². The van der Waals surface area contributed by atoms with Gasteiger partial charge in [-0.25, -0.2) is 4.98 Å². The van der Waals surface area contributed by atoms with Gasteiger partial charge in [-0.05, 0) is 19.4 Å². The summed E-state index contributed by atoms with van der Waals surface area (Å²) in [6.45, 7) is 3.40. The van der Waals surface area contributed by atoms with Crippen molar-refractivity contribution in [3.63, 3.8) is 0 Å². The minimum absolute atomic E-state index is 0.0792. The van der Waals surface area contributed by atoms with Crippen LogP contribution < -0.4 is 5.32 Å². The molecule has 3 heterocycles. The molecule has 2 aromatic rings. The van der Waals surface area contributed by atoms with Crippen LogP contribution in [0.1, 0.15) is 23.3 Å². The molecule has 2 atom stereocenters. The number of nitrogens with one attached hydrogen (secondary N) is 1. The van der Waals surface area contributed by atoms with Crippen LogP contribution in [0.5, 0.6) is 0 Å². The Morgan fingerprint density at radius 3 is 3.12 bits per heavy atom. The first kappa shape index (κ1) is 15.7. The van der Waals surface area contributed by atoms with Gasteiger partial charge in [0, 0.05) is 30.1 Å². The van der Waals surface area contributed by atoms with Gasteiger partial charge in [-0.1, -0.05) is 30.3 Å². The zero-order valence-corrected chi connectivity index (χ0v) is 14.3. The van der Waals surface area contributed by atoms with Gasteiger partial charge in [0.2, 0.25) is 0 Å². The largest absolute Gasteiger partial charge is 0.373 e. The van der Waals surface area contributed by atoms with Gasteiger partial charge in [-0.3, -0.25) is 9.69 Å². The van der Waals surface area contributed by atoms with Crippen molar-refractivity contribution in [3.05, 3.63) is 41.4 Å². The molecule has 0 bridgehead atoms. The standard InChI is InChI=1S/C18H21N3O2S/c22-17(16-12-24-18(20-16)13-5-2-1-3-6-13)19-9-15-10-21-8-4-7-14(21)11-23-15/h1-3,5-6,12,14-15H,4,7-11H2,(H,19,22)/t14-,15-/m1/s1. The first-order valence-corrected chi connectivity index (χ1v) is 9.32. The lowest BCUT2D eigenvalue weighted by Crippen LogP contribution is -2.50. The summed E-state index contributed by atoms with van der Waals surface area (Å²) in [5.74, 6) is -0.124. The van der Waals surface area contributed by atoms with Gasteiger partial charge in [0.15, 0.2) is 0 Å². The van der Waals surface area contributed by atoms with E-state index in [0.717, 1.165) is 30.3 Å². The molecule has 0 aliphatic carbocycles. The maximum absolute atomic E-state index is 12.3. The normalized spacial score (nSPS) is 23.8. The van der Waals surface area contributed by atoms with Crippen molar-refractivity contribution in [1.82, 2.24) is 15.2 Å². The summed E-state index contributed by atoms with van der Waals surface area (Å²) < 4.78 is 5.88. The van der Waals surface area contributed by atoms with Crippen LogP contribution in [0.15, 0.2) is 35.7 Å². The third-order valence-electron chi connectivity index (χ3n) is 4.71. The number of morpholine rings is 1. The Hall–Kier alpha value is -1.76. The highest BCUT2D eigenvalue weighted by Crippen LogP contribution is 2.24. The predicted molar refractivity (Wildman–Crippen MR) is 94.2 cm³/mol.